The summed E-state index contributed by atoms with van der Waals surface area (Å²) in [6.07, 6.45) is 9.06. The van der Waals surface area contributed by atoms with Crippen LogP contribution in [0.5, 0.6) is 0 Å². The van der Waals surface area contributed by atoms with Crippen LogP contribution in [0, 0.1) is 34.5 Å². The van der Waals surface area contributed by atoms with E-state index in [2.05, 4.69) is 30.2 Å². The molecule has 192 valence electrons. The van der Waals surface area contributed by atoms with Gasteiger partial charge in [0.25, 0.3) is 0 Å². The highest BCUT2D eigenvalue weighted by atomic mass is 16.7. The minimum absolute atomic E-state index is 0.00790. The van der Waals surface area contributed by atoms with Gasteiger partial charge >= 0.3 is 11.9 Å². The summed E-state index contributed by atoms with van der Waals surface area (Å²) < 4.78 is 10.7. The molecule has 0 aromatic rings. The number of hydrogen-bond acceptors (Lipinski definition) is 8. The third-order valence-corrected chi connectivity index (χ3v) is 10.4. The number of esters is 2. The zero-order valence-corrected chi connectivity index (χ0v) is 21.8. The Morgan fingerprint density at radius 2 is 1.91 bits per heavy atom. The van der Waals surface area contributed by atoms with Gasteiger partial charge in [-0.15, -0.1) is 0 Å². The lowest BCUT2D eigenvalue weighted by atomic mass is 9.46. The lowest BCUT2D eigenvalue weighted by Crippen LogP contribution is -2.59. The van der Waals surface area contributed by atoms with Gasteiger partial charge in [-0.25, -0.2) is 4.79 Å². The van der Waals surface area contributed by atoms with Crippen molar-refractivity contribution in [1.82, 2.24) is 0 Å². The van der Waals surface area contributed by atoms with E-state index in [1.54, 1.807) is 0 Å². The molecular weight excluding hydrogens is 448 g/mol. The Morgan fingerprint density at radius 1 is 1.14 bits per heavy atom. The largest absolute Gasteiger partial charge is 0.464 e. The molecule has 0 saturated heterocycles. The molecule has 0 bridgehead atoms. The van der Waals surface area contributed by atoms with E-state index in [9.17, 15) is 9.59 Å². The van der Waals surface area contributed by atoms with Crippen LogP contribution < -0.4 is 0 Å². The SMILES string of the molecule is CON=C(C)[C@]12ON=C(C(=O)OC)[C@@H]1C[C@@H]1[C@H]3CC=C4C[C@@H](OC(C)=O)CC[C@]4(C)[C@@H]3CC[C@@]12C. The van der Waals surface area contributed by atoms with Gasteiger partial charge in [0.2, 0.25) is 0 Å². The molecule has 0 aromatic carbocycles. The summed E-state index contributed by atoms with van der Waals surface area (Å²) >= 11 is 0. The summed E-state index contributed by atoms with van der Waals surface area (Å²) in [7, 11) is 2.93. The Kier molecular flexibility index (Phi) is 5.80. The third-order valence-electron chi connectivity index (χ3n) is 10.4. The molecule has 0 amide bonds. The van der Waals surface area contributed by atoms with Gasteiger partial charge in [0.15, 0.2) is 11.3 Å². The van der Waals surface area contributed by atoms with Crippen molar-refractivity contribution in [1.29, 1.82) is 0 Å². The Morgan fingerprint density at radius 3 is 2.60 bits per heavy atom. The smallest absolute Gasteiger partial charge is 0.356 e. The first-order valence-electron chi connectivity index (χ1n) is 12.9. The number of fused-ring (bicyclic) bond motifs is 7. The molecule has 3 saturated carbocycles. The van der Waals surface area contributed by atoms with Gasteiger partial charge in [-0.05, 0) is 68.6 Å². The van der Waals surface area contributed by atoms with Gasteiger partial charge < -0.3 is 19.1 Å². The molecule has 0 N–H and O–H groups in total. The number of carbonyl (C=O) groups excluding carboxylic acids is 2. The Hall–Kier alpha value is -2.38. The predicted molar refractivity (Wildman–Crippen MR) is 130 cm³/mol. The number of rotatable bonds is 4. The fourth-order valence-corrected chi connectivity index (χ4v) is 8.87. The second-order valence-electron chi connectivity index (χ2n) is 11.6. The van der Waals surface area contributed by atoms with Gasteiger partial charge in [0.05, 0.1) is 13.0 Å². The van der Waals surface area contributed by atoms with Crippen molar-refractivity contribution in [3.05, 3.63) is 11.6 Å². The van der Waals surface area contributed by atoms with Crippen molar-refractivity contribution in [3.63, 3.8) is 0 Å². The molecule has 8 heteroatoms. The highest BCUT2D eigenvalue weighted by Gasteiger charge is 2.74. The topological polar surface area (TPSA) is 95.8 Å². The molecule has 5 rings (SSSR count). The molecule has 8 nitrogen and oxygen atoms in total. The summed E-state index contributed by atoms with van der Waals surface area (Å²) in [5.41, 5.74) is 1.63. The van der Waals surface area contributed by atoms with Crippen LogP contribution in [0.3, 0.4) is 0 Å². The van der Waals surface area contributed by atoms with E-state index in [0.717, 1.165) is 50.7 Å². The van der Waals surface area contributed by atoms with Crippen LogP contribution in [0.2, 0.25) is 0 Å². The van der Waals surface area contributed by atoms with Gasteiger partial charge in [-0.2, -0.15) is 0 Å². The van der Waals surface area contributed by atoms with Gasteiger partial charge in [0.1, 0.15) is 18.9 Å². The normalized spacial score (nSPS) is 43.9. The number of hydrogen-bond donors (Lipinski definition) is 0. The minimum Gasteiger partial charge on any atom is -0.464 e. The first-order valence-corrected chi connectivity index (χ1v) is 12.9. The molecule has 5 aliphatic rings. The summed E-state index contributed by atoms with van der Waals surface area (Å²) in [6.45, 7) is 8.15. The van der Waals surface area contributed by atoms with Crippen molar-refractivity contribution in [2.75, 3.05) is 14.2 Å². The van der Waals surface area contributed by atoms with Crippen LogP contribution in [0.25, 0.3) is 0 Å². The van der Waals surface area contributed by atoms with E-state index >= 15 is 0 Å². The Balaban J connectivity index is 1.51. The number of carbonyl (C=O) groups is 2. The number of methoxy groups -OCH3 is 1. The summed E-state index contributed by atoms with van der Waals surface area (Å²) in [5.74, 6) is 0.550. The molecule has 4 aliphatic carbocycles. The zero-order valence-electron chi connectivity index (χ0n) is 21.8. The van der Waals surface area contributed by atoms with Crippen molar-refractivity contribution in [2.24, 2.45) is 44.8 Å². The van der Waals surface area contributed by atoms with Crippen LogP contribution in [-0.2, 0) is 28.7 Å². The molecule has 0 unspecified atom stereocenters. The standard InChI is InChI=1S/C27H38N2O6/c1-15(28-33-6)27-22(23(29-35-27)24(31)32-5)14-21-19-8-7-17-13-18(34-16(2)30)9-11-25(17,3)20(19)10-12-26(21,27)4/h7,18-22H,8-14H2,1-6H3/t18-,19-,20+,21+,22-,25-,26-,27-/m0/s1. The highest BCUT2D eigenvalue weighted by Crippen LogP contribution is 2.70. The Labute approximate surface area is 207 Å². The second kappa shape index (κ2) is 8.34. The number of allylic oxidation sites excluding steroid dienone is 1. The second-order valence-corrected chi connectivity index (χ2v) is 11.6. The van der Waals surface area contributed by atoms with E-state index < -0.39 is 11.6 Å². The van der Waals surface area contributed by atoms with Gasteiger partial charge in [-0.3, -0.25) is 4.79 Å². The van der Waals surface area contributed by atoms with Crippen molar-refractivity contribution < 1.29 is 28.7 Å². The van der Waals surface area contributed by atoms with E-state index in [0.29, 0.717) is 23.5 Å². The van der Waals surface area contributed by atoms with Crippen LogP contribution >= 0.6 is 0 Å². The maximum atomic E-state index is 12.7. The molecule has 35 heavy (non-hydrogen) atoms. The van der Waals surface area contributed by atoms with Crippen molar-refractivity contribution in [2.45, 2.75) is 84.3 Å². The predicted octanol–water partition coefficient (Wildman–Crippen LogP) is 4.43. The fraction of sp³-hybridized carbons (Fsp3) is 0.778. The molecule has 8 atom stereocenters. The average Bonchev–Trinajstić information content (AvgIpc) is 3.32. The monoisotopic (exact) mass is 486 g/mol. The molecular formula is C27H38N2O6. The molecule has 0 aromatic heterocycles. The lowest BCUT2D eigenvalue weighted by molar-refractivity contribution is -0.149. The summed E-state index contributed by atoms with van der Waals surface area (Å²) in [6, 6.07) is 0. The fourth-order valence-electron chi connectivity index (χ4n) is 8.87. The average molecular weight is 487 g/mol. The zero-order chi connectivity index (χ0) is 25.2. The van der Waals surface area contributed by atoms with E-state index in [4.69, 9.17) is 19.1 Å². The Bertz CT molecular complexity index is 1020. The van der Waals surface area contributed by atoms with Crippen LogP contribution in [-0.4, -0.2) is 49.3 Å². The van der Waals surface area contributed by atoms with Gasteiger partial charge in [-0.1, -0.05) is 35.8 Å². The van der Waals surface area contributed by atoms with Crippen LogP contribution in [0.15, 0.2) is 22.0 Å². The van der Waals surface area contributed by atoms with E-state index in [1.165, 1.54) is 26.7 Å². The van der Waals surface area contributed by atoms with Crippen LogP contribution in [0.4, 0.5) is 0 Å². The van der Waals surface area contributed by atoms with Crippen LogP contribution in [0.1, 0.15) is 72.6 Å². The molecule has 3 fully saturated rings. The minimum atomic E-state index is -0.806. The summed E-state index contributed by atoms with van der Waals surface area (Å²) in [4.78, 5) is 35.7. The first kappa shape index (κ1) is 24.3. The quantitative estimate of drug-likeness (QED) is 0.253. The first-order chi connectivity index (χ1) is 16.6. The number of ether oxygens (including phenoxy) is 2. The van der Waals surface area contributed by atoms with E-state index in [1.807, 2.05) is 6.92 Å². The van der Waals surface area contributed by atoms with Crippen molar-refractivity contribution in [3.8, 4) is 0 Å². The molecule has 1 heterocycles. The van der Waals surface area contributed by atoms with E-state index in [-0.39, 0.29) is 28.8 Å². The highest BCUT2D eigenvalue weighted by molar-refractivity contribution is 6.38. The maximum absolute atomic E-state index is 12.7. The molecule has 0 spiro atoms. The molecule has 1 aliphatic heterocycles. The van der Waals surface area contributed by atoms with Gasteiger partial charge in [0, 0.05) is 18.8 Å². The van der Waals surface area contributed by atoms with Crippen molar-refractivity contribution >= 4 is 23.4 Å². The molecule has 0 radical (unpaired) electrons. The lowest BCUT2D eigenvalue weighted by Gasteiger charge is -2.58. The maximum Gasteiger partial charge on any atom is 0.356 e. The number of oxime groups is 2. The third kappa shape index (κ3) is 3.23. The summed E-state index contributed by atoms with van der Waals surface area (Å²) in [5, 5.41) is 8.59. The number of nitrogens with zero attached hydrogens (tertiary/aromatic N) is 2.